The smallest absolute Gasteiger partial charge is 0.289 e. The van der Waals surface area contributed by atoms with Crippen LogP contribution < -0.4 is 5.56 Å². The number of rotatable bonds is 4. The fourth-order valence-electron chi connectivity index (χ4n) is 1.88. The van der Waals surface area contributed by atoms with Gasteiger partial charge in [0, 0.05) is 17.4 Å². The monoisotopic (exact) mass is 378 g/mol. The van der Waals surface area contributed by atoms with Crippen LogP contribution in [0, 0.1) is 22.5 Å². The van der Waals surface area contributed by atoms with E-state index in [1.54, 1.807) is 6.92 Å². The largest absolute Gasteiger partial charge is 0.307 e. The number of nitro groups is 1. The van der Waals surface area contributed by atoms with Crippen LogP contribution in [0.4, 0.5) is 5.69 Å². The number of nitrogens with zero attached hydrogens (tertiary/aromatic N) is 2. The second kappa shape index (κ2) is 4.77. The zero-order valence-corrected chi connectivity index (χ0v) is 13.0. The van der Waals surface area contributed by atoms with Crippen molar-refractivity contribution in [1.29, 1.82) is 0 Å². The third-order valence-electron chi connectivity index (χ3n) is 3.38. The molecule has 0 spiro atoms. The van der Waals surface area contributed by atoms with E-state index in [4.69, 9.17) is 0 Å². The second-order valence-corrected chi connectivity index (χ2v) is 6.13. The van der Waals surface area contributed by atoms with Gasteiger partial charge in [0.25, 0.3) is 11.2 Å². The van der Waals surface area contributed by atoms with Gasteiger partial charge in [0.15, 0.2) is 0 Å². The third kappa shape index (κ3) is 2.38. The van der Waals surface area contributed by atoms with Gasteiger partial charge in [-0.15, -0.1) is 0 Å². The van der Waals surface area contributed by atoms with Crippen LogP contribution in [-0.2, 0) is 6.54 Å². The standard InChI is InChI=1S/C11H12Br2N2O3/c1-7-8(15(17)18)4-14(10(16)9(7)13)6-11(5-12)2-3-11/h4H,2-3,5-6H2,1H3. The Morgan fingerprint density at radius 3 is 2.61 bits per heavy atom. The highest BCUT2D eigenvalue weighted by Gasteiger charge is 2.42. The molecule has 1 saturated carbocycles. The maximum atomic E-state index is 12.1. The summed E-state index contributed by atoms with van der Waals surface area (Å²) in [5, 5.41) is 11.8. The average Bonchev–Trinajstić information content (AvgIpc) is 3.10. The molecule has 1 fully saturated rings. The van der Waals surface area contributed by atoms with Crippen LogP contribution in [0.5, 0.6) is 0 Å². The van der Waals surface area contributed by atoms with Crippen molar-refractivity contribution >= 4 is 37.5 Å². The van der Waals surface area contributed by atoms with Crippen LogP contribution in [0.15, 0.2) is 15.5 Å². The van der Waals surface area contributed by atoms with Crippen LogP contribution in [-0.4, -0.2) is 14.8 Å². The van der Waals surface area contributed by atoms with Crippen molar-refractivity contribution in [3.8, 4) is 0 Å². The summed E-state index contributed by atoms with van der Waals surface area (Å²) in [6.07, 6.45) is 3.44. The van der Waals surface area contributed by atoms with Gasteiger partial charge in [-0.2, -0.15) is 0 Å². The maximum Gasteiger partial charge on any atom is 0.289 e. The van der Waals surface area contributed by atoms with Gasteiger partial charge in [-0.3, -0.25) is 14.9 Å². The van der Waals surface area contributed by atoms with E-state index >= 15 is 0 Å². The van der Waals surface area contributed by atoms with E-state index in [1.807, 2.05) is 0 Å². The van der Waals surface area contributed by atoms with Crippen molar-refractivity contribution < 1.29 is 4.92 Å². The molecule has 0 aromatic carbocycles. The molecule has 7 heteroatoms. The number of alkyl halides is 1. The highest BCUT2D eigenvalue weighted by molar-refractivity contribution is 9.10. The van der Waals surface area contributed by atoms with Gasteiger partial charge in [-0.05, 0) is 41.1 Å². The van der Waals surface area contributed by atoms with E-state index in [9.17, 15) is 14.9 Å². The Labute approximate surface area is 121 Å². The predicted octanol–water partition coefficient (Wildman–Crippen LogP) is 3.00. The molecule has 18 heavy (non-hydrogen) atoms. The van der Waals surface area contributed by atoms with Gasteiger partial charge in [-0.25, -0.2) is 0 Å². The average molecular weight is 380 g/mol. The number of hydrogen-bond donors (Lipinski definition) is 0. The molecule has 0 amide bonds. The Bertz CT molecular complexity index is 564. The fourth-order valence-corrected chi connectivity index (χ4v) is 3.04. The van der Waals surface area contributed by atoms with Crippen molar-refractivity contribution in [3.05, 3.63) is 36.7 Å². The van der Waals surface area contributed by atoms with E-state index in [1.165, 1.54) is 10.8 Å². The molecule has 98 valence electrons. The first-order valence-electron chi connectivity index (χ1n) is 5.50. The van der Waals surface area contributed by atoms with Crippen LogP contribution in [0.25, 0.3) is 0 Å². The Balaban J connectivity index is 2.48. The van der Waals surface area contributed by atoms with Crippen molar-refractivity contribution in [1.82, 2.24) is 4.57 Å². The predicted molar refractivity (Wildman–Crippen MR) is 75.3 cm³/mol. The lowest BCUT2D eigenvalue weighted by Crippen LogP contribution is -2.26. The van der Waals surface area contributed by atoms with E-state index in [2.05, 4.69) is 31.9 Å². The Morgan fingerprint density at radius 2 is 2.17 bits per heavy atom. The van der Waals surface area contributed by atoms with Gasteiger partial charge >= 0.3 is 0 Å². The lowest BCUT2D eigenvalue weighted by atomic mass is 10.1. The Morgan fingerprint density at radius 1 is 1.56 bits per heavy atom. The molecule has 0 unspecified atom stereocenters. The number of hydrogen-bond acceptors (Lipinski definition) is 3. The quantitative estimate of drug-likeness (QED) is 0.458. The summed E-state index contributed by atoms with van der Waals surface area (Å²) in [6.45, 7) is 2.10. The molecule has 1 aliphatic rings. The zero-order valence-electron chi connectivity index (χ0n) is 9.78. The first-order chi connectivity index (χ1) is 8.40. The van der Waals surface area contributed by atoms with Crippen molar-refractivity contribution in [2.45, 2.75) is 26.3 Å². The van der Waals surface area contributed by atoms with Gasteiger partial charge in [0.1, 0.15) is 0 Å². The summed E-state index contributed by atoms with van der Waals surface area (Å²) >= 11 is 6.58. The van der Waals surface area contributed by atoms with Gasteiger partial charge < -0.3 is 4.57 Å². The summed E-state index contributed by atoms with van der Waals surface area (Å²) in [6, 6.07) is 0. The van der Waals surface area contributed by atoms with Crippen molar-refractivity contribution in [3.63, 3.8) is 0 Å². The lowest BCUT2D eigenvalue weighted by Gasteiger charge is -2.14. The highest BCUT2D eigenvalue weighted by Crippen LogP contribution is 2.48. The van der Waals surface area contributed by atoms with Gasteiger partial charge in [0.2, 0.25) is 0 Å². The molecule has 5 nitrogen and oxygen atoms in total. The summed E-state index contributed by atoms with van der Waals surface area (Å²) in [5.41, 5.74) is 0.244. The van der Waals surface area contributed by atoms with Crippen LogP contribution in [0.3, 0.4) is 0 Å². The lowest BCUT2D eigenvalue weighted by molar-refractivity contribution is -0.386. The van der Waals surface area contributed by atoms with Gasteiger partial charge in [-0.1, -0.05) is 15.9 Å². The summed E-state index contributed by atoms with van der Waals surface area (Å²) in [4.78, 5) is 22.6. The van der Waals surface area contributed by atoms with Crippen molar-refractivity contribution in [2.75, 3.05) is 5.33 Å². The first-order valence-corrected chi connectivity index (χ1v) is 7.41. The fraction of sp³-hybridized carbons (Fsp3) is 0.545. The number of pyridine rings is 1. The second-order valence-electron chi connectivity index (χ2n) is 4.78. The maximum absolute atomic E-state index is 12.1. The minimum absolute atomic E-state index is 0.0214. The molecule has 1 aliphatic carbocycles. The highest BCUT2D eigenvalue weighted by atomic mass is 79.9. The Hall–Kier alpha value is -0.690. The molecule has 0 aliphatic heterocycles. The summed E-state index contributed by atoms with van der Waals surface area (Å²) in [7, 11) is 0. The summed E-state index contributed by atoms with van der Waals surface area (Å²) in [5.74, 6) is 0. The molecule has 0 saturated heterocycles. The van der Waals surface area contributed by atoms with E-state index in [0.29, 0.717) is 12.1 Å². The van der Waals surface area contributed by atoms with Crippen LogP contribution in [0.1, 0.15) is 18.4 Å². The minimum atomic E-state index is -0.455. The zero-order chi connectivity index (χ0) is 13.5. The molecule has 1 aromatic rings. The summed E-state index contributed by atoms with van der Waals surface area (Å²) < 4.78 is 1.73. The van der Waals surface area contributed by atoms with E-state index in [-0.39, 0.29) is 21.1 Å². The number of halogens is 2. The first kappa shape index (κ1) is 13.7. The van der Waals surface area contributed by atoms with E-state index in [0.717, 1.165) is 18.2 Å². The van der Waals surface area contributed by atoms with E-state index < -0.39 is 4.92 Å². The molecule has 2 rings (SSSR count). The molecule has 0 N–H and O–H groups in total. The molecule has 0 atom stereocenters. The van der Waals surface area contributed by atoms with Crippen LogP contribution >= 0.6 is 31.9 Å². The van der Waals surface area contributed by atoms with Crippen molar-refractivity contribution in [2.24, 2.45) is 5.41 Å². The molecular weight excluding hydrogens is 368 g/mol. The molecule has 1 heterocycles. The molecule has 0 bridgehead atoms. The molecule has 0 radical (unpaired) electrons. The number of aromatic nitrogens is 1. The normalized spacial score (nSPS) is 16.6. The Kier molecular flexibility index (Phi) is 3.64. The topological polar surface area (TPSA) is 65.1 Å². The molecular formula is C11H12Br2N2O3. The SMILES string of the molecule is Cc1c([N+](=O)[O-])cn(CC2(CBr)CC2)c(=O)c1Br. The minimum Gasteiger partial charge on any atom is -0.307 e. The molecule has 1 aromatic heterocycles. The van der Waals surface area contributed by atoms with Crippen LogP contribution in [0.2, 0.25) is 0 Å². The third-order valence-corrected chi connectivity index (χ3v) is 5.51. The van der Waals surface area contributed by atoms with Gasteiger partial charge in [0.05, 0.1) is 15.6 Å².